The zero-order valence-corrected chi connectivity index (χ0v) is 11.8. The average Bonchev–Trinajstić information content (AvgIpc) is 2.08. The van der Waals surface area contributed by atoms with Crippen molar-refractivity contribution in [3.63, 3.8) is 0 Å². The molecule has 152 valence electrons. The summed E-state index contributed by atoms with van der Waals surface area (Å²) in [5.74, 6) is 0. The maximum absolute atomic E-state index is 8.25. The normalized spacial score (nSPS) is 5.54. The molecular weight excluding hydrogens is 443 g/mol. The van der Waals surface area contributed by atoms with E-state index in [1.54, 1.807) is 0 Å². The molecule has 0 radical (unpaired) electrons. The van der Waals surface area contributed by atoms with E-state index in [4.69, 9.17) is 91.9 Å². The van der Waals surface area contributed by atoms with Crippen LogP contribution in [0.2, 0.25) is 0 Å². The van der Waals surface area contributed by atoms with Crippen LogP contribution in [-0.2, 0) is 16.5 Å². The second kappa shape index (κ2) is 42.8. The topological polar surface area (TPSA) is 397 Å². The van der Waals surface area contributed by atoms with Crippen LogP contribution < -0.4 is 0 Å². The summed E-state index contributed by atoms with van der Waals surface area (Å²) in [5, 5.41) is 88.5. The Morgan fingerprint density at radius 1 is 0.308 bits per heavy atom. The van der Waals surface area contributed by atoms with Crippen molar-refractivity contribution < 1.29 is 47.0 Å². The molecule has 0 aromatic heterocycles. The summed E-state index contributed by atoms with van der Waals surface area (Å²) in [4.78, 5) is 49.5. The number of nitrogens with zero attached hydrogens (tertiary/aromatic N) is 6. The first-order chi connectivity index (χ1) is 10.4. The Morgan fingerprint density at radius 2 is 0.308 bits per heavy atom. The SMILES string of the molecule is O=[N+]([O-])[O-].O=[N+]([O-])[O-].O=[N+]([O-])[O-].O=[N+]([O-])[O-].O=[N+]([O-])[O-].O=[N+]([O-])[O-].[C+4].[Ni+2]. The van der Waals surface area contributed by atoms with Crippen molar-refractivity contribution in [2.24, 2.45) is 0 Å². The predicted molar refractivity (Wildman–Crippen MR) is 65.4 cm³/mol. The molecule has 0 fully saturated rings. The Balaban J connectivity index is -0.0000000245. The van der Waals surface area contributed by atoms with Crippen LogP contribution in [0.4, 0.5) is 0 Å². The monoisotopic (exact) mass is 442 g/mol. The van der Waals surface area contributed by atoms with Crippen LogP contribution in [-0.4, -0.2) is 30.5 Å². The van der Waals surface area contributed by atoms with Gasteiger partial charge in [-0.15, -0.1) is 0 Å². The largest absolute Gasteiger partial charge is 4.00 e. The minimum Gasteiger partial charge on any atom is -0.356 e. The Morgan fingerprint density at radius 3 is 0.308 bits per heavy atom. The molecule has 0 aliphatic rings. The second-order valence-corrected chi connectivity index (χ2v) is 1.34. The molecule has 24 nitrogen and oxygen atoms in total. The molecule has 0 saturated carbocycles. The summed E-state index contributed by atoms with van der Waals surface area (Å²) in [6.07, 6.45) is 0. The molecule has 0 aromatic rings. The van der Waals surface area contributed by atoms with Crippen LogP contribution in [0.15, 0.2) is 0 Å². The fourth-order valence-corrected chi connectivity index (χ4v) is 0. The molecule has 0 spiro atoms. The van der Waals surface area contributed by atoms with Crippen LogP contribution in [0.3, 0.4) is 0 Å². The van der Waals surface area contributed by atoms with Gasteiger partial charge < -0.3 is 91.9 Å². The van der Waals surface area contributed by atoms with E-state index in [-0.39, 0.29) is 23.9 Å². The van der Waals surface area contributed by atoms with Crippen LogP contribution in [0.25, 0.3) is 0 Å². The quantitative estimate of drug-likeness (QED) is 0.237. The third-order valence-electron chi connectivity index (χ3n) is 0. The van der Waals surface area contributed by atoms with E-state index in [0.29, 0.717) is 0 Å². The van der Waals surface area contributed by atoms with Gasteiger partial charge in [-0.3, -0.25) is 0 Å². The van der Waals surface area contributed by atoms with E-state index in [2.05, 4.69) is 0 Å². The molecule has 0 aliphatic heterocycles. The second-order valence-electron chi connectivity index (χ2n) is 1.34. The van der Waals surface area contributed by atoms with Gasteiger partial charge in [0.2, 0.25) is 0 Å². The molecule has 26 heavy (non-hydrogen) atoms. The first kappa shape index (κ1) is 49.5. The molecule has 25 heteroatoms. The standard InChI is InChI=1S/C.6NO3.Ni/c;6*2-1(3)4;/q+4;6*-1;+2. The van der Waals surface area contributed by atoms with Crippen molar-refractivity contribution in [1.82, 2.24) is 0 Å². The number of hydrogen-bond acceptors (Lipinski definition) is 18. The zero-order valence-electron chi connectivity index (χ0n) is 10.8. The molecule has 0 saturated heterocycles. The van der Waals surface area contributed by atoms with Gasteiger partial charge in [0, 0.05) is 0 Å². The summed E-state index contributed by atoms with van der Waals surface area (Å²) in [6, 6.07) is 0. The average molecular weight is 443 g/mol. The van der Waals surface area contributed by atoms with Crippen LogP contribution in [0.1, 0.15) is 0 Å². The zero-order chi connectivity index (χ0) is 21.5. The first-order valence-electron chi connectivity index (χ1n) is 3.29. The van der Waals surface area contributed by atoms with Gasteiger partial charge in [-0.25, -0.2) is 0 Å². The van der Waals surface area contributed by atoms with Gasteiger partial charge in [0.15, 0.2) is 0 Å². The smallest absolute Gasteiger partial charge is 0.356 e. The Kier molecular flexibility index (Phi) is 81.6. The summed E-state index contributed by atoms with van der Waals surface area (Å²) >= 11 is 0. The molecule has 0 N–H and O–H groups in total. The van der Waals surface area contributed by atoms with E-state index in [1.165, 1.54) is 0 Å². The maximum atomic E-state index is 8.25. The van der Waals surface area contributed by atoms with Crippen molar-refractivity contribution in [2.45, 2.75) is 0 Å². The van der Waals surface area contributed by atoms with Gasteiger partial charge in [-0.1, -0.05) is 0 Å². The van der Waals surface area contributed by atoms with Gasteiger partial charge in [0.05, 0.1) is 30.5 Å². The van der Waals surface area contributed by atoms with Gasteiger partial charge in [-0.2, -0.15) is 0 Å². The van der Waals surface area contributed by atoms with Crippen molar-refractivity contribution in [3.8, 4) is 0 Å². The molecule has 0 atom stereocenters. The van der Waals surface area contributed by atoms with Crippen LogP contribution in [0, 0.1) is 99.4 Å². The van der Waals surface area contributed by atoms with Crippen molar-refractivity contribution in [2.75, 3.05) is 0 Å². The van der Waals surface area contributed by atoms with Crippen molar-refractivity contribution in [3.05, 3.63) is 99.4 Å². The number of hydrogen-bond donors (Lipinski definition) is 0. The molecule has 0 aliphatic carbocycles. The van der Waals surface area contributed by atoms with E-state index in [0.717, 1.165) is 0 Å². The van der Waals surface area contributed by atoms with E-state index < -0.39 is 30.5 Å². The van der Waals surface area contributed by atoms with E-state index in [9.17, 15) is 0 Å². The van der Waals surface area contributed by atoms with Crippen molar-refractivity contribution in [1.29, 1.82) is 0 Å². The van der Waals surface area contributed by atoms with Crippen molar-refractivity contribution >= 4 is 0 Å². The molecule has 0 aromatic carbocycles. The Labute approximate surface area is 147 Å². The van der Waals surface area contributed by atoms with Crippen LogP contribution >= 0.6 is 0 Å². The molecule has 0 bridgehead atoms. The third-order valence-corrected chi connectivity index (χ3v) is 0. The van der Waals surface area contributed by atoms with E-state index in [1.807, 2.05) is 0 Å². The molecule has 0 unspecified atom stereocenters. The fraction of sp³-hybridized carbons (Fsp3) is 0. The summed E-state index contributed by atoms with van der Waals surface area (Å²) in [6.45, 7) is 0. The summed E-state index contributed by atoms with van der Waals surface area (Å²) < 4.78 is 0. The summed E-state index contributed by atoms with van der Waals surface area (Å²) in [5.41, 5.74) is 0. The fourth-order valence-electron chi connectivity index (χ4n) is 0. The van der Waals surface area contributed by atoms with Gasteiger partial charge in [-0.05, 0) is 0 Å². The Bertz CT molecular complexity index is 263. The van der Waals surface area contributed by atoms with Crippen LogP contribution in [0.5, 0.6) is 0 Å². The predicted octanol–water partition coefficient (Wildman–Crippen LogP) is -1.36. The number of rotatable bonds is 0. The summed E-state index contributed by atoms with van der Waals surface area (Å²) in [7, 11) is 0. The van der Waals surface area contributed by atoms with Gasteiger partial charge >= 0.3 is 23.9 Å². The van der Waals surface area contributed by atoms with Gasteiger partial charge in [0.25, 0.3) is 0 Å². The minimum absolute atomic E-state index is 0. The molecule has 0 heterocycles. The maximum Gasteiger partial charge on any atom is 4.00 e. The Hall–Kier alpha value is -4.31. The van der Waals surface area contributed by atoms with Gasteiger partial charge in [0.1, 0.15) is 0 Å². The molecule has 0 amide bonds. The third kappa shape index (κ3) is 371. The first-order valence-corrected chi connectivity index (χ1v) is 3.29. The molecular formula is CN6NiO18. The molecule has 0 rings (SSSR count). The minimum atomic E-state index is -1.75. The van der Waals surface area contributed by atoms with E-state index >= 15 is 0 Å².